The number of aryl methyl sites for hydroxylation is 1. The number of hydrogen-bond acceptors (Lipinski definition) is 6. The molecule has 0 aliphatic rings. The first-order chi connectivity index (χ1) is 15.1. The van der Waals surface area contributed by atoms with E-state index in [-0.39, 0.29) is 24.1 Å². The average molecular weight is 499 g/mol. The number of nitrogens with one attached hydrogen (secondary N) is 2. The third-order valence-electron chi connectivity index (χ3n) is 4.60. The second-order valence-corrected chi connectivity index (χ2v) is 8.42. The molecule has 0 spiro atoms. The highest BCUT2D eigenvalue weighted by atomic mass is 79.9. The molecule has 31 heavy (non-hydrogen) atoms. The van der Waals surface area contributed by atoms with Crippen LogP contribution in [0, 0.1) is 0 Å². The second-order valence-electron chi connectivity index (χ2n) is 6.62. The van der Waals surface area contributed by atoms with Gasteiger partial charge in [-0.15, -0.1) is 10.2 Å². The van der Waals surface area contributed by atoms with Gasteiger partial charge in [0.25, 0.3) is 0 Å². The molecule has 0 aliphatic carbocycles. The molecule has 0 atom stereocenters. The molecule has 2 heterocycles. The standard InChI is InChI=1S/C21H19BrN6O2S/c1-2-28-16-10-6-3-7-13(16)19-20(28)25-21(27-26-19)31-12-18(30)23-11-17(29)24-15-9-5-4-8-14(15)22/h3-10H,2,11-12H2,1H3,(H,23,30)(H,24,29). The molecule has 10 heteroatoms. The Labute approximate surface area is 191 Å². The van der Waals surface area contributed by atoms with Crippen molar-refractivity contribution in [2.75, 3.05) is 17.6 Å². The van der Waals surface area contributed by atoms with Gasteiger partial charge in [0, 0.05) is 16.4 Å². The monoisotopic (exact) mass is 498 g/mol. The number of fused-ring (bicyclic) bond motifs is 3. The van der Waals surface area contributed by atoms with Crippen molar-refractivity contribution in [2.45, 2.75) is 18.6 Å². The summed E-state index contributed by atoms with van der Waals surface area (Å²) in [5.74, 6) is -0.508. The number of carbonyl (C=O) groups excluding carboxylic acids is 2. The topological polar surface area (TPSA) is 102 Å². The molecule has 4 rings (SSSR count). The molecule has 2 aromatic carbocycles. The van der Waals surface area contributed by atoms with Crippen LogP contribution < -0.4 is 10.6 Å². The van der Waals surface area contributed by atoms with E-state index in [2.05, 4.69) is 46.3 Å². The minimum Gasteiger partial charge on any atom is -0.346 e. The molecular formula is C21H19BrN6O2S. The first kappa shape index (κ1) is 21.3. The van der Waals surface area contributed by atoms with Crippen molar-refractivity contribution >= 4 is 67.3 Å². The van der Waals surface area contributed by atoms with Gasteiger partial charge in [-0.25, -0.2) is 4.98 Å². The van der Waals surface area contributed by atoms with Gasteiger partial charge in [-0.1, -0.05) is 42.1 Å². The fourth-order valence-corrected chi connectivity index (χ4v) is 4.18. The minimum atomic E-state index is -0.308. The molecular weight excluding hydrogens is 480 g/mol. The predicted molar refractivity (Wildman–Crippen MR) is 125 cm³/mol. The maximum atomic E-state index is 12.2. The first-order valence-electron chi connectivity index (χ1n) is 9.62. The zero-order valence-corrected chi connectivity index (χ0v) is 19.0. The smallest absolute Gasteiger partial charge is 0.243 e. The Hall–Kier alpha value is -2.98. The zero-order chi connectivity index (χ0) is 21.8. The molecule has 4 aromatic rings. The Kier molecular flexibility index (Phi) is 6.47. The molecule has 0 saturated carbocycles. The third kappa shape index (κ3) is 4.70. The number of halogens is 1. The van der Waals surface area contributed by atoms with E-state index in [1.165, 1.54) is 11.8 Å². The summed E-state index contributed by atoms with van der Waals surface area (Å²) < 4.78 is 2.85. The highest BCUT2D eigenvalue weighted by Gasteiger charge is 2.15. The lowest BCUT2D eigenvalue weighted by Crippen LogP contribution is -2.34. The number of thioether (sulfide) groups is 1. The van der Waals surface area contributed by atoms with Crippen molar-refractivity contribution in [1.29, 1.82) is 0 Å². The summed E-state index contributed by atoms with van der Waals surface area (Å²) in [4.78, 5) is 28.8. The van der Waals surface area contributed by atoms with Gasteiger partial charge < -0.3 is 15.2 Å². The Balaban J connectivity index is 1.36. The van der Waals surface area contributed by atoms with Gasteiger partial charge in [0.1, 0.15) is 5.52 Å². The summed E-state index contributed by atoms with van der Waals surface area (Å²) in [6.07, 6.45) is 0. The van der Waals surface area contributed by atoms with E-state index >= 15 is 0 Å². The number of para-hydroxylation sites is 2. The van der Waals surface area contributed by atoms with Gasteiger partial charge in [-0.05, 0) is 41.1 Å². The summed E-state index contributed by atoms with van der Waals surface area (Å²) in [5, 5.41) is 15.3. The van der Waals surface area contributed by atoms with Crippen molar-refractivity contribution in [1.82, 2.24) is 25.1 Å². The number of hydrogen-bond donors (Lipinski definition) is 2. The van der Waals surface area contributed by atoms with Gasteiger partial charge in [0.15, 0.2) is 5.65 Å². The lowest BCUT2D eigenvalue weighted by molar-refractivity contribution is -0.122. The first-order valence-corrected chi connectivity index (χ1v) is 11.4. The van der Waals surface area contributed by atoms with Gasteiger partial charge in [0.05, 0.1) is 23.5 Å². The quantitative estimate of drug-likeness (QED) is 0.377. The van der Waals surface area contributed by atoms with Crippen molar-refractivity contribution in [2.24, 2.45) is 0 Å². The Morgan fingerprint density at radius 3 is 2.65 bits per heavy atom. The van der Waals surface area contributed by atoms with E-state index in [9.17, 15) is 9.59 Å². The van der Waals surface area contributed by atoms with Crippen LogP contribution in [0.2, 0.25) is 0 Å². The average Bonchev–Trinajstić information content (AvgIpc) is 3.10. The van der Waals surface area contributed by atoms with Crippen LogP contribution in [0.1, 0.15) is 6.92 Å². The van der Waals surface area contributed by atoms with Crippen LogP contribution in [0.25, 0.3) is 22.1 Å². The summed E-state index contributed by atoms with van der Waals surface area (Å²) in [5.41, 5.74) is 3.19. The number of aromatic nitrogens is 4. The third-order valence-corrected chi connectivity index (χ3v) is 6.13. The molecule has 0 unspecified atom stereocenters. The number of nitrogens with zero attached hydrogens (tertiary/aromatic N) is 4. The summed E-state index contributed by atoms with van der Waals surface area (Å²) in [7, 11) is 0. The molecule has 2 amide bonds. The van der Waals surface area contributed by atoms with Gasteiger partial charge >= 0.3 is 0 Å². The Morgan fingerprint density at radius 2 is 1.84 bits per heavy atom. The predicted octanol–water partition coefficient (Wildman–Crippen LogP) is 3.61. The second kappa shape index (κ2) is 9.44. The molecule has 0 aliphatic heterocycles. The normalized spacial score (nSPS) is 11.0. The summed E-state index contributed by atoms with van der Waals surface area (Å²) >= 11 is 4.55. The van der Waals surface area contributed by atoms with Crippen LogP contribution in [0.5, 0.6) is 0 Å². The minimum absolute atomic E-state index is 0.0852. The molecule has 2 aromatic heterocycles. The molecule has 0 radical (unpaired) electrons. The van der Waals surface area contributed by atoms with E-state index in [4.69, 9.17) is 0 Å². The summed E-state index contributed by atoms with van der Waals surface area (Å²) in [6, 6.07) is 15.2. The van der Waals surface area contributed by atoms with Crippen LogP contribution in [-0.4, -0.2) is 43.9 Å². The fourth-order valence-electron chi connectivity index (χ4n) is 3.19. The van der Waals surface area contributed by atoms with Crippen LogP contribution in [0.3, 0.4) is 0 Å². The Morgan fingerprint density at radius 1 is 1.06 bits per heavy atom. The highest BCUT2D eigenvalue weighted by Crippen LogP contribution is 2.27. The zero-order valence-electron chi connectivity index (χ0n) is 16.6. The van der Waals surface area contributed by atoms with E-state index in [0.717, 1.165) is 33.1 Å². The van der Waals surface area contributed by atoms with Crippen molar-refractivity contribution in [3.05, 3.63) is 53.0 Å². The van der Waals surface area contributed by atoms with E-state index in [1.54, 1.807) is 6.07 Å². The molecule has 8 nitrogen and oxygen atoms in total. The number of rotatable bonds is 7. The fraction of sp³-hybridized carbons (Fsp3) is 0.190. The lowest BCUT2D eigenvalue weighted by Gasteiger charge is -2.08. The Bertz CT molecular complexity index is 1280. The van der Waals surface area contributed by atoms with Crippen LogP contribution in [0.4, 0.5) is 5.69 Å². The SMILES string of the molecule is CCn1c2ccccc2c2nnc(SCC(=O)NCC(=O)Nc3ccccc3Br)nc21. The number of carbonyl (C=O) groups is 2. The van der Waals surface area contributed by atoms with E-state index in [1.807, 2.05) is 49.4 Å². The number of benzene rings is 2. The number of anilines is 1. The number of amides is 2. The molecule has 2 N–H and O–H groups in total. The molecule has 158 valence electrons. The molecule has 0 fully saturated rings. The van der Waals surface area contributed by atoms with Crippen LogP contribution >= 0.6 is 27.7 Å². The van der Waals surface area contributed by atoms with Crippen molar-refractivity contribution < 1.29 is 9.59 Å². The van der Waals surface area contributed by atoms with Crippen molar-refractivity contribution in [3.63, 3.8) is 0 Å². The maximum absolute atomic E-state index is 12.2. The maximum Gasteiger partial charge on any atom is 0.243 e. The van der Waals surface area contributed by atoms with Crippen LogP contribution in [0.15, 0.2) is 58.2 Å². The lowest BCUT2D eigenvalue weighted by atomic mass is 10.2. The molecule has 0 saturated heterocycles. The van der Waals surface area contributed by atoms with Gasteiger partial charge in [0.2, 0.25) is 17.0 Å². The van der Waals surface area contributed by atoms with E-state index < -0.39 is 0 Å². The summed E-state index contributed by atoms with van der Waals surface area (Å²) in [6.45, 7) is 2.68. The van der Waals surface area contributed by atoms with Gasteiger partial charge in [-0.3, -0.25) is 9.59 Å². The van der Waals surface area contributed by atoms with Crippen molar-refractivity contribution in [3.8, 4) is 0 Å². The van der Waals surface area contributed by atoms with Gasteiger partial charge in [-0.2, -0.15) is 0 Å². The van der Waals surface area contributed by atoms with Crippen LogP contribution in [-0.2, 0) is 16.1 Å². The molecule has 0 bridgehead atoms. The highest BCUT2D eigenvalue weighted by molar-refractivity contribution is 9.10. The van der Waals surface area contributed by atoms with E-state index in [0.29, 0.717) is 10.8 Å². The largest absolute Gasteiger partial charge is 0.346 e.